The van der Waals surface area contributed by atoms with Crippen molar-refractivity contribution in [2.45, 2.75) is 18.2 Å². The molecule has 6 heteroatoms. The molecule has 1 amide bonds. The molecule has 4 rings (SSSR count). The maximum atomic E-state index is 13.3. The van der Waals surface area contributed by atoms with Crippen molar-refractivity contribution in [3.63, 3.8) is 0 Å². The van der Waals surface area contributed by atoms with Crippen LogP contribution in [-0.4, -0.2) is 27.9 Å². The highest BCUT2D eigenvalue weighted by atomic mass is 32.2. The fraction of sp³-hybridized carbons (Fsp3) is 0.174. The third-order valence-corrected chi connectivity index (χ3v) is 7.07. The number of carbonyl (C=O) groups excluding carboxylic acids is 1. The highest BCUT2D eigenvalue weighted by molar-refractivity contribution is 7.92. The fourth-order valence-electron chi connectivity index (χ4n) is 3.62. The van der Waals surface area contributed by atoms with Crippen LogP contribution >= 0.6 is 0 Å². The summed E-state index contributed by atoms with van der Waals surface area (Å²) in [5.41, 5.74) is 3.72. The normalized spacial score (nSPS) is 13.2. The Morgan fingerprint density at radius 1 is 0.931 bits per heavy atom. The van der Waals surface area contributed by atoms with Gasteiger partial charge in [0.15, 0.2) is 0 Å². The second-order valence-electron chi connectivity index (χ2n) is 7.14. The lowest BCUT2D eigenvalue weighted by Crippen LogP contribution is -2.33. The summed E-state index contributed by atoms with van der Waals surface area (Å²) < 4.78 is 27.5. The number of fused-ring (bicyclic) bond motifs is 1. The average molecular weight is 407 g/mol. The van der Waals surface area contributed by atoms with Crippen molar-refractivity contribution >= 4 is 27.3 Å². The zero-order valence-electron chi connectivity index (χ0n) is 16.4. The second kappa shape index (κ2) is 7.37. The molecule has 1 heterocycles. The lowest BCUT2D eigenvalue weighted by Gasteiger charge is -2.24. The van der Waals surface area contributed by atoms with Gasteiger partial charge in [-0.2, -0.15) is 0 Å². The Morgan fingerprint density at radius 3 is 2.34 bits per heavy atom. The molecular weight excluding hydrogens is 384 g/mol. The van der Waals surface area contributed by atoms with Crippen molar-refractivity contribution in [1.82, 2.24) is 0 Å². The van der Waals surface area contributed by atoms with Crippen LogP contribution in [0.15, 0.2) is 77.7 Å². The standard InChI is InChI=1S/C23H22N2O3S/c1-17-11-13-19(14-12-17)29(27,28)24(2)22-10-6-4-8-20(22)23(26)25-16-15-18-7-3-5-9-21(18)25/h3-14H,15-16H2,1-2H3. The van der Waals surface area contributed by atoms with Gasteiger partial charge in [-0.25, -0.2) is 8.42 Å². The minimum absolute atomic E-state index is 0.194. The van der Waals surface area contributed by atoms with Gasteiger partial charge in [-0.1, -0.05) is 48.0 Å². The summed E-state index contributed by atoms with van der Waals surface area (Å²) in [5.74, 6) is -0.198. The lowest BCUT2D eigenvalue weighted by molar-refractivity contribution is 0.0990. The maximum Gasteiger partial charge on any atom is 0.264 e. The molecule has 0 N–H and O–H groups in total. The van der Waals surface area contributed by atoms with E-state index in [2.05, 4.69) is 0 Å². The summed E-state index contributed by atoms with van der Waals surface area (Å²) in [6.45, 7) is 2.49. The van der Waals surface area contributed by atoms with E-state index in [9.17, 15) is 13.2 Å². The molecule has 0 unspecified atom stereocenters. The van der Waals surface area contributed by atoms with E-state index in [4.69, 9.17) is 0 Å². The molecule has 1 aliphatic heterocycles. The van der Waals surface area contributed by atoms with E-state index in [0.29, 0.717) is 17.8 Å². The topological polar surface area (TPSA) is 57.7 Å². The SMILES string of the molecule is Cc1ccc(S(=O)(=O)N(C)c2ccccc2C(=O)N2CCc3ccccc32)cc1. The van der Waals surface area contributed by atoms with Gasteiger partial charge in [-0.05, 0) is 49.2 Å². The van der Waals surface area contributed by atoms with Gasteiger partial charge in [0, 0.05) is 19.3 Å². The number of nitrogens with zero attached hydrogens (tertiary/aromatic N) is 2. The van der Waals surface area contributed by atoms with Crippen LogP contribution < -0.4 is 9.21 Å². The number of anilines is 2. The van der Waals surface area contributed by atoms with E-state index in [1.807, 2.05) is 31.2 Å². The van der Waals surface area contributed by atoms with Crippen LogP contribution in [0.5, 0.6) is 0 Å². The Morgan fingerprint density at radius 2 is 1.59 bits per heavy atom. The summed E-state index contributed by atoms with van der Waals surface area (Å²) in [6, 6.07) is 21.4. The molecule has 0 saturated carbocycles. The summed E-state index contributed by atoms with van der Waals surface area (Å²) in [5, 5.41) is 0. The van der Waals surface area contributed by atoms with Gasteiger partial charge in [0.25, 0.3) is 15.9 Å². The van der Waals surface area contributed by atoms with Gasteiger partial charge >= 0.3 is 0 Å². The molecule has 0 radical (unpaired) electrons. The number of sulfonamides is 1. The van der Waals surface area contributed by atoms with Crippen molar-refractivity contribution < 1.29 is 13.2 Å². The lowest BCUT2D eigenvalue weighted by atomic mass is 10.1. The number of hydrogen-bond acceptors (Lipinski definition) is 3. The van der Waals surface area contributed by atoms with Gasteiger partial charge in [0.2, 0.25) is 0 Å². The number of benzene rings is 3. The Bertz CT molecular complexity index is 1170. The Balaban J connectivity index is 1.72. The molecule has 3 aromatic carbocycles. The predicted octanol–water partition coefficient (Wildman–Crippen LogP) is 4.02. The van der Waals surface area contributed by atoms with E-state index in [0.717, 1.165) is 23.2 Å². The Hall–Kier alpha value is -3.12. The molecular formula is C23H22N2O3S. The minimum Gasteiger partial charge on any atom is -0.308 e. The zero-order valence-corrected chi connectivity index (χ0v) is 17.2. The third-order valence-electron chi connectivity index (χ3n) is 5.29. The zero-order chi connectivity index (χ0) is 20.6. The third kappa shape index (κ3) is 3.40. The van der Waals surface area contributed by atoms with Crippen LogP contribution in [0.25, 0.3) is 0 Å². The minimum atomic E-state index is -3.79. The number of hydrogen-bond donors (Lipinski definition) is 0. The van der Waals surface area contributed by atoms with Crippen LogP contribution in [0.4, 0.5) is 11.4 Å². The van der Waals surface area contributed by atoms with Gasteiger partial charge in [-0.3, -0.25) is 9.10 Å². The first-order valence-corrected chi connectivity index (χ1v) is 10.9. The molecule has 1 aliphatic rings. The molecule has 29 heavy (non-hydrogen) atoms. The first-order chi connectivity index (χ1) is 13.9. The van der Waals surface area contributed by atoms with Gasteiger partial charge in [-0.15, -0.1) is 0 Å². The molecule has 0 bridgehead atoms. The van der Waals surface area contributed by atoms with Crippen LogP contribution in [0, 0.1) is 6.92 Å². The summed E-state index contributed by atoms with van der Waals surface area (Å²) in [4.78, 5) is 15.3. The van der Waals surface area contributed by atoms with E-state index >= 15 is 0 Å². The summed E-state index contributed by atoms with van der Waals surface area (Å²) in [6.07, 6.45) is 0.793. The average Bonchev–Trinajstić information content (AvgIpc) is 3.17. The van der Waals surface area contributed by atoms with E-state index in [1.54, 1.807) is 53.4 Å². The van der Waals surface area contributed by atoms with Crippen molar-refractivity contribution in [2.75, 3.05) is 22.8 Å². The molecule has 0 fully saturated rings. The summed E-state index contributed by atoms with van der Waals surface area (Å²) in [7, 11) is -2.30. The van der Waals surface area contributed by atoms with Crippen molar-refractivity contribution in [3.8, 4) is 0 Å². The number of carbonyl (C=O) groups is 1. The first kappa shape index (κ1) is 19.2. The van der Waals surface area contributed by atoms with Gasteiger partial charge in [0.05, 0.1) is 16.1 Å². The molecule has 0 spiro atoms. The van der Waals surface area contributed by atoms with Crippen molar-refractivity contribution in [3.05, 3.63) is 89.5 Å². The molecule has 0 atom stereocenters. The van der Waals surface area contributed by atoms with E-state index in [1.165, 1.54) is 11.4 Å². The second-order valence-corrected chi connectivity index (χ2v) is 9.11. The van der Waals surface area contributed by atoms with E-state index < -0.39 is 10.0 Å². The van der Waals surface area contributed by atoms with Gasteiger partial charge in [0.1, 0.15) is 0 Å². The fourth-order valence-corrected chi connectivity index (χ4v) is 4.84. The quantitative estimate of drug-likeness (QED) is 0.657. The van der Waals surface area contributed by atoms with Crippen molar-refractivity contribution in [1.29, 1.82) is 0 Å². The maximum absolute atomic E-state index is 13.3. The van der Waals surface area contributed by atoms with Crippen LogP contribution in [0.1, 0.15) is 21.5 Å². The monoisotopic (exact) mass is 406 g/mol. The van der Waals surface area contributed by atoms with Crippen LogP contribution in [-0.2, 0) is 16.4 Å². The highest BCUT2D eigenvalue weighted by Crippen LogP contribution is 2.32. The predicted molar refractivity (Wildman–Crippen MR) is 115 cm³/mol. The largest absolute Gasteiger partial charge is 0.308 e. The number of aryl methyl sites for hydroxylation is 1. The summed E-state index contributed by atoms with van der Waals surface area (Å²) >= 11 is 0. The molecule has 3 aromatic rings. The molecule has 0 aliphatic carbocycles. The highest BCUT2D eigenvalue weighted by Gasteiger charge is 2.30. The van der Waals surface area contributed by atoms with Crippen LogP contribution in [0.3, 0.4) is 0 Å². The number of para-hydroxylation sites is 2. The Labute approximate surface area is 171 Å². The van der Waals surface area contributed by atoms with Gasteiger partial charge < -0.3 is 4.90 Å². The van der Waals surface area contributed by atoms with Crippen LogP contribution in [0.2, 0.25) is 0 Å². The first-order valence-electron chi connectivity index (χ1n) is 9.44. The van der Waals surface area contributed by atoms with E-state index in [-0.39, 0.29) is 10.8 Å². The molecule has 148 valence electrons. The molecule has 0 saturated heterocycles. The Kier molecular flexibility index (Phi) is 4.88. The smallest absolute Gasteiger partial charge is 0.264 e. The number of rotatable bonds is 4. The van der Waals surface area contributed by atoms with Crippen molar-refractivity contribution in [2.24, 2.45) is 0 Å². The number of amides is 1. The molecule has 5 nitrogen and oxygen atoms in total. The molecule has 0 aromatic heterocycles.